The van der Waals surface area contributed by atoms with E-state index in [1.807, 2.05) is 0 Å². The summed E-state index contributed by atoms with van der Waals surface area (Å²) < 4.78 is 34.7. The van der Waals surface area contributed by atoms with Gasteiger partial charge in [-0.15, -0.1) is 0 Å². The molecule has 2 atom stereocenters. The van der Waals surface area contributed by atoms with Gasteiger partial charge < -0.3 is 9.26 Å². The SMILES string of the molecule is CC(C)OC(=O)[C@H](C)NP(=O)(Cl)Oc1ccc(F)cc1. The van der Waals surface area contributed by atoms with Crippen molar-refractivity contribution in [2.45, 2.75) is 32.9 Å². The lowest BCUT2D eigenvalue weighted by atomic mass is 10.3. The quantitative estimate of drug-likeness (QED) is 0.641. The second kappa shape index (κ2) is 7.07. The van der Waals surface area contributed by atoms with E-state index in [9.17, 15) is 13.8 Å². The van der Waals surface area contributed by atoms with Crippen molar-refractivity contribution in [1.82, 2.24) is 5.09 Å². The van der Waals surface area contributed by atoms with E-state index in [0.717, 1.165) is 12.1 Å². The van der Waals surface area contributed by atoms with Crippen molar-refractivity contribution in [2.24, 2.45) is 0 Å². The van der Waals surface area contributed by atoms with Crippen molar-refractivity contribution in [3.63, 3.8) is 0 Å². The average molecular weight is 324 g/mol. The molecule has 0 aliphatic rings. The fourth-order valence-corrected chi connectivity index (χ4v) is 2.97. The number of halogens is 2. The van der Waals surface area contributed by atoms with Gasteiger partial charge in [-0.1, -0.05) is 0 Å². The molecule has 0 fully saturated rings. The van der Waals surface area contributed by atoms with Gasteiger partial charge in [-0.3, -0.25) is 4.79 Å². The number of nitrogens with one attached hydrogen (secondary N) is 1. The molecule has 1 rings (SSSR count). The summed E-state index contributed by atoms with van der Waals surface area (Å²) >= 11 is 5.71. The number of rotatable bonds is 6. The number of carbonyl (C=O) groups is 1. The zero-order chi connectivity index (χ0) is 15.3. The standard InChI is InChI=1S/C12H16ClFNO4P/c1-8(2)18-12(16)9(3)15-20(13,17)19-11-6-4-10(14)5-7-11/h4-9H,1-3H3,(H,15,17)/t9-,20?/m0/s1. The van der Waals surface area contributed by atoms with Gasteiger partial charge in [-0.25, -0.2) is 14.0 Å². The van der Waals surface area contributed by atoms with Crippen LogP contribution in [0, 0.1) is 5.82 Å². The maximum absolute atomic E-state index is 12.7. The van der Waals surface area contributed by atoms with Crippen LogP contribution in [0.4, 0.5) is 4.39 Å². The summed E-state index contributed by atoms with van der Waals surface area (Å²) in [6.45, 7) is 1.06. The summed E-state index contributed by atoms with van der Waals surface area (Å²) in [6, 6.07) is 3.94. The van der Waals surface area contributed by atoms with Gasteiger partial charge in [0.15, 0.2) is 0 Å². The predicted octanol–water partition coefficient (Wildman–Crippen LogP) is 3.48. The molecular formula is C12H16ClFNO4P. The topological polar surface area (TPSA) is 64.6 Å². The molecule has 0 aliphatic carbocycles. The highest BCUT2D eigenvalue weighted by Gasteiger charge is 2.28. The molecule has 0 radical (unpaired) electrons. The van der Waals surface area contributed by atoms with Gasteiger partial charge in [-0.2, -0.15) is 0 Å². The molecule has 0 aliphatic heterocycles. The maximum Gasteiger partial charge on any atom is 0.409 e. The number of ether oxygens (including phenoxy) is 1. The predicted molar refractivity (Wildman–Crippen MR) is 74.3 cm³/mol. The van der Waals surface area contributed by atoms with Crippen molar-refractivity contribution in [3.05, 3.63) is 30.1 Å². The van der Waals surface area contributed by atoms with Gasteiger partial charge in [0.25, 0.3) is 0 Å². The molecule has 20 heavy (non-hydrogen) atoms. The van der Waals surface area contributed by atoms with Crippen molar-refractivity contribution in [3.8, 4) is 5.75 Å². The first-order valence-electron chi connectivity index (χ1n) is 5.93. The monoisotopic (exact) mass is 323 g/mol. The number of esters is 1. The van der Waals surface area contributed by atoms with E-state index in [2.05, 4.69) is 5.09 Å². The zero-order valence-corrected chi connectivity index (χ0v) is 13.0. The highest BCUT2D eigenvalue weighted by atomic mass is 35.7. The Balaban J connectivity index is 2.62. The Kier molecular flexibility index (Phi) is 5.99. The first-order chi connectivity index (χ1) is 9.19. The van der Waals surface area contributed by atoms with Gasteiger partial charge in [0.2, 0.25) is 0 Å². The normalized spacial score (nSPS) is 15.5. The summed E-state index contributed by atoms with van der Waals surface area (Å²) in [5.41, 5.74) is 0. The van der Waals surface area contributed by atoms with E-state index < -0.39 is 24.7 Å². The Labute approximate surface area is 121 Å². The van der Waals surface area contributed by atoms with E-state index in [4.69, 9.17) is 20.5 Å². The first kappa shape index (κ1) is 17.0. The van der Waals surface area contributed by atoms with E-state index in [1.165, 1.54) is 19.1 Å². The minimum atomic E-state index is -3.78. The van der Waals surface area contributed by atoms with Crippen LogP contribution < -0.4 is 9.61 Å². The number of benzene rings is 1. The Hall–Kier alpha value is -1.10. The second-order valence-electron chi connectivity index (χ2n) is 4.36. The van der Waals surface area contributed by atoms with Gasteiger partial charge in [-0.05, 0) is 45.0 Å². The van der Waals surface area contributed by atoms with E-state index in [0.29, 0.717) is 0 Å². The van der Waals surface area contributed by atoms with Gasteiger partial charge in [0, 0.05) is 11.2 Å². The largest absolute Gasteiger partial charge is 0.462 e. The molecule has 1 N–H and O–H groups in total. The summed E-state index contributed by atoms with van der Waals surface area (Å²) in [5.74, 6) is -0.922. The van der Waals surface area contributed by atoms with Gasteiger partial charge >= 0.3 is 12.8 Å². The molecule has 0 spiro atoms. The maximum atomic E-state index is 12.7. The van der Waals surface area contributed by atoms with Crippen LogP contribution in [0.3, 0.4) is 0 Å². The summed E-state index contributed by atoms with van der Waals surface area (Å²) in [5, 5.41) is 2.35. The molecule has 0 heterocycles. The van der Waals surface area contributed by atoms with Crippen molar-refractivity contribution < 1.29 is 23.0 Å². The van der Waals surface area contributed by atoms with E-state index >= 15 is 0 Å². The third-order valence-electron chi connectivity index (χ3n) is 2.09. The Morgan fingerprint density at radius 2 is 1.85 bits per heavy atom. The molecule has 0 saturated carbocycles. The van der Waals surface area contributed by atoms with E-state index in [-0.39, 0.29) is 11.9 Å². The van der Waals surface area contributed by atoms with Crippen LogP contribution >= 0.6 is 18.1 Å². The van der Waals surface area contributed by atoms with Crippen molar-refractivity contribution in [1.29, 1.82) is 0 Å². The first-order valence-corrected chi connectivity index (χ1v) is 8.46. The molecule has 112 valence electrons. The van der Waals surface area contributed by atoms with Crippen LogP contribution in [0.25, 0.3) is 0 Å². The van der Waals surface area contributed by atoms with Crippen LogP contribution in [0.15, 0.2) is 24.3 Å². The molecule has 0 saturated heterocycles. The Morgan fingerprint density at radius 3 is 2.35 bits per heavy atom. The lowest BCUT2D eigenvalue weighted by Gasteiger charge is -2.19. The molecule has 0 aromatic heterocycles. The average Bonchev–Trinajstić information content (AvgIpc) is 2.30. The smallest absolute Gasteiger partial charge is 0.409 e. The summed E-state index contributed by atoms with van der Waals surface area (Å²) in [4.78, 5) is 11.6. The zero-order valence-electron chi connectivity index (χ0n) is 11.3. The molecule has 0 amide bonds. The molecule has 1 unspecified atom stereocenters. The molecule has 0 bridgehead atoms. The molecule has 1 aromatic rings. The van der Waals surface area contributed by atoms with Crippen molar-refractivity contribution in [2.75, 3.05) is 0 Å². The van der Waals surface area contributed by atoms with Crippen LogP contribution in [-0.2, 0) is 14.1 Å². The number of hydrogen-bond donors (Lipinski definition) is 1. The highest BCUT2D eigenvalue weighted by Crippen LogP contribution is 2.48. The minimum Gasteiger partial charge on any atom is -0.462 e. The van der Waals surface area contributed by atoms with Crippen LogP contribution in [0.2, 0.25) is 0 Å². The number of hydrogen-bond acceptors (Lipinski definition) is 4. The second-order valence-corrected chi connectivity index (χ2v) is 7.10. The molecule has 8 heteroatoms. The number of carbonyl (C=O) groups excluding carboxylic acids is 1. The lowest BCUT2D eigenvalue weighted by Crippen LogP contribution is -2.34. The van der Waals surface area contributed by atoms with Crippen molar-refractivity contribution >= 4 is 24.1 Å². The summed E-state index contributed by atoms with van der Waals surface area (Å²) in [7, 11) is 0. The van der Waals surface area contributed by atoms with Gasteiger partial charge in [0.05, 0.1) is 6.10 Å². The molecule has 1 aromatic carbocycles. The Bertz CT molecular complexity index is 509. The summed E-state index contributed by atoms with van der Waals surface area (Å²) in [6.07, 6.45) is -0.292. The molecular weight excluding hydrogens is 308 g/mol. The van der Waals surface area contributed by atoms with Gasteiger partial charge in [0.1, 0.15) is 17.6 Å². The third-order valence-corrected chi connectivity index (χ3v) is 3.73. The fourth-order valence-electron chi connectivity index (χ4n) is 1.28. The fraction of sp³-hybridized carbons (Fsp3) is 0.417. The minimum absolute atomic E-state index is 0.127. The van der Waals surface area contributed by atoms with Crippen LogP contribution in [0.1, 0.15) is 20.8 Å². The van der Waals surface area contributed by atoms with Crippen LogP contribution in [-0.4, -0.2) is 18.1 Å². The van der Waals surface area contributed by atoms with E-state index in [1.54, 1.807) is 13.8 Å². The third kappa shape index (κ3) is 5.90. The lowest BCUT2D eigenvalue weighted by molar-refractivity contribution is -0.148. The highest BCUT2D eigenvalue weighted by molar-refractivity contribution is 7.84. The van der Waals surface area contributed by atoms with Crippen LogP contribution in [0.5, 0.6) is 5.75 Å². The Morgan fingerprint density at radius 1 is 1.30 bits per heavy atom. The molecule has 5 nitrogen and oxygen atoms in total.